The number of aromatic nitrogens is 3. The lowest BCUT2D eigenvalue weighted by Crippen LogP contribution is -2.25. The molecule has 0 saturated carbocycles. The number of fused-ring (bicyclic) bond motifs is 1. The molecular weight excluding hydrogens is 442 g/mol. The second-order valence-corrected chi connectivity index (χ2v) is 10.0. The molecule has 3 rings (SSSR count). The number of anilines is 2. The number of thioether (sulfide) groups is 1. The van der Waals surface area contributed by atoms with Crippen molar-refractivity contribution < 1.29 is 4.79 Å². The van der Waals surface area contributed by atoms with Gasteiger partial charge in [0.1, 0.15) is 4.70 Å². The number of carbonyl (C=O) groups is 1. The molecule has 3 aromatic rings. The average molecular weight is 474 g/mol. The van der Waals surface area contributed by atoms with E-state index in [4.69, 9.17) is 0 Å². The van der Waals surface area contributed by atoms with Gasteiger partial charge in [-0.25, -0.2) is 4.98 Å². The fourth-order valence-corrected chi connectivity index (χ4v) is 5.31. The molecule has 0 aliphatic carbocycles. The lowest BCUT2D eigenvalue weighted by molar-refractivity contribution is -0.113. The van der Waals surface area contributed by atoms with Crippen LogP contribution in [0.15, 0.2) is 34.2 Å². The van der Waals surface area contributed by atoms with Crippen molar-refractivity contribution in [3.63, 3.8) is 0 Å². The molecule has 0 unspecified atom stereocenters. The highest BCUT2D eigenvalue weighted by Gasteiger charge is 2.20. The van der Waals surface area contributed by atoms with Crippen LogP contribution >= 0.6 is 23.1 Å². The summed E-state index contributed by atoms with van der Waals surface area (Å²) in [5.74, 6) is 0.458. The normalized spacial score (nSPS) is 11.5. The van der Waals surface area contributed by atoms with E-state index in [1.54, 1.807) is 4.57 Å². The van der Waals surface area contributed by atoms with Crippen molar-refractivity contribution >= 4 is 50.2 Å². The Morgan fingerprint density at radius 2 is 1.78 bits per heavy atom. The topological polar surface area (TPSA) is 80.1 Å². The van der Waals surface area contributed by atoms with Crippen LogP contribution in [0.1, 0.15) is 59.1 Å². The van der Waals surface area contributed by atoms with Gasteiger partial charge in [0.05, 0.1) is 5.75 Å². The minimum Gasteiger partial charge on any atom is -0.349 e. The molecule has 0 saturated heterocycles. The maximum Gasteiger partial charge on any atom is 0.274 e. The monoisotopic (exact) mass is 473 g/mol. The first-order valence-corrected chi connectivity index (χ1v) is 12.8. The summed E-state index contributed by atoms with van der Waals surface area (Å²) in [5, 5.41) is 4.23. The molecule has 2 aromatic heterocycles. The van der Waals surface area contributed by atoms with Gasteiger partial charge in [0.15, 0.2) is 15.9 Å². The molecule has 0 aliphatic rings. The Labute approximate surface area is 197 Å². The van der Waals surface area contributed by atoms with Crippen LogP contribution in [-0.2, 0) is 4.79 Å². The number of nitrogens with one attached hydrogen (secondary N) is 1. The third-order valence-electron chi connectivity index (χ3n) is 5.16. The number of rotatable bonds is 9. The third-order valence-corrected chi connectivity index (χ3v) is 7.21. The molecule has 32 heavy (non-hydrogen) atoms. The van der Waals surface area contributed by atoms with Gasteiger partial charge in [-0.2, -0.15) is 4.98 Å². The Morgan fingerprint density at radius 3 is 2.34 bits per heavy atom. The van der Waals surface area contributed by atoms with Crippen LogP contribution in [0.5, 0.6) is 0 Å². The highest BCUT2D eigenvalue weighted by molar-refractivity contribution is 7.99. The van der Waals surface area contributed by atoms with E-state index in [-0.39, 0.29) is 23.3 Å². The highest BCUT2D eigenvalue weighted by atomic mass is 32.2. The standard InChI is InChI=1S/C23H31N5O2S2/c1-7-27(8-2)22-25-20-19(32-22)21(30)28(15(5)6)23(26-20)31-13-18(29)24-17-11-9-16(10-12-17)14(3)4/h9-12,14-15H,7-8,13H2,1-6H3,(H,24,29). The zero-order valence-corrected chi connectivity index (χ0v) is 21.1. The fourth-order valence-electron chi connectivity index (χ4n) is 3.32. The zero-order chi connectivity index (χ0) is 23.4. The molecule has 0 fully saturated rings. The van der Waals surface area contributed by atoms with Crippen LogP contribution in [0.4, 0.5) is 10.8 Å². The summed E-state index contributed by atoms with van der Waals surface area (Å²) in [6.45, 7) is 13.9. The Balaban J connectivity index is 1.81. The number of nitrogens with zero attached hydrogens (tertiary/aromatic N) is 4. The quantitative estimate of drug-likeness (QED) is 0.343. The number of hydrogen-bond acceptors (Lipinski definition) is 7. The summed E-state index contributed by atoms with van der Waals surface area (Å²) in [6, 6.07) is 7.80. The number of benzene rings is 1. The molecule has 0 spiro atoms. The van der Waals surface area contributed by atoms with Gasteiger partial charge in [-0.3, -0.25) is 14.2 Å². The van der Waals surface area contributed by atoms with Crippen LogP contribution in [0, 0.1) is 0 Å². The fraction of sp³-hybridized carbons (Fsp3) is 0.478. The van der Waals surface area contributed by atoms with Crippen molar-refractivity contribution in [3.05, 3.63) is 40.2 Å². The summed E-state index contributed by atoms with van der Waals surface area (Å²) in [4.78, 5) is 37.1. The van der Waals surface area contributed by atoms with Gasteiger partial charge < -0.3 is 10.2 Å². The first-order valence-electron chi connectivity index (χ1n) is 11.0. The largest absolute Gasteiger partial charge is 0.349 e. The van der Waals surface area contributed by atoms with E-state index in [2.05, 4.69) is 47.9 Å². The minimum absolute atomic E-state index is 0.0763. The van der Waals surface area contributed by atoms with Gasteiger partial charge in [0, 0.05) is 24.8 Å². The summed E-state index contributed by atoms with van der Waals surface area (Å²) >= 11 is 2.64. The van der Waals surface area contributed by atoms with Crippen LogP contribution in [-0.4, -0.2) is 39.3 Å². The van der Waals surface area contributed by atoms with Crippen molar-refractivity contribution in [1.29, 1.82) is 0 Å². The van der Waals surface area contributed by atoms with E-state index in [1.807, 2.05) is 38.1 Å². The maximum atomic E-state index is 13.2. The van der Waals surface area contributed by atoms with Gasteiger partial charge in [-0.15, -0.1) is 0 Å². The summed E-state index contributed by atoms with van der Waals surface area (Å²) in [7, 11) is 0. The maximum absolute atomic E-state index is 13.2. The van der Waals surface area contributed by atoms with Crippen LogP contribution in [0.25, 0.3) is 10.3 Å². The molecule has 2 heterocycles. The van der Waals surface area contributed by atoms with Gasteiger partial charge in [-0.05, 0) is 51.3 Å². The highest BCUT2D eigenvalue weighted by Crippen LogP contribution is 2.28. The van der Waals surface area contributed by atoms with E-state index >= 15 is 0 Å². The van der Waals surface area contributed by atoms with Gasteiger partial charge >= 0.3 is 0 Å². The Bertz CT molecular complexity index is 1130. The summed E-state index contributed by atoms with van der Waals surface area (Å²) < 4.78 is 2.21. The van der Waals surface area contributed by atoms with Crippen LogP contribution in [0.3, 0.4) is 0 Å². The van der Waals surface area contributed by atoms with Gasteiger partial charge in [-0.1, -0.05) is 49.1 Å². The molecule has 0 radical (unpaired) electrons. The molecular formula is C23H31N5O2S2. The molecule has 172 valence electrons. The molecule has 1 aromatic carbocycles. The smallest absolute Gasteiger partial charge is 0.274 e. The predicted octanol–water partition coefficient (Wildman–Crippen LogP) is 5.13. The number of carbonyl (C=O) groups excluding carboxylic acids is 1. The van der Waals surface area contributed by atoms with Crippen molar-refractivity contribution in [2.24, 2.45) is 0 Å². The average Bonchev–Trinajstić information content (AvgIpc) is 3.17. The lowest BCUT2D eigenvalue weighted by Gasteiger charge is -2.15. The molecule has 0 aliphatic heterocycles. The van der Waals surface area contributed by atoms with Gasteiger partial charge in [0.2, 0.25) is 5.91 Å². The number of amides is 1. The molecule has 1 amide bonds. The minimum atomic E-state index is -0.140. The Hall–Kier alpha value is -2.39. The number of hydrogen-bond donors (Lipinski definition) is 1. The number of thiazole rings is 1. The predicted molar refractivity (Wildman–Crippen MR) is 136 cm³/mol. The van der Waals surface area contributed by atoms with E-state index in [0.29, 0.717) is 21.4 Å². The van der Waals surface area contributed by atoms with Crippen LogP contribution < -0.4 is 15.8 Å². The zero-order valence-electron chi connectivity index (χ0n) is 19.5. The first-order chi connectivity index (χ1) is 15.2. The Kier molecular flexibility index (Phi) is 7.95. The SMILES string of the molecule is CCN(CC)c1nc2nc(SCC(=O)Nc3ccc(C(C)C)cc3)n(C(C)C)c(=O)c2s1. The first kappa shape index (κ1) is 24.3. The van der Waals surface area contributed by atoms with E-state index < -0.39 is 0 Å². The second-order valence-electron chi connectivity index (χ2n) is 8.10. The van der Waals surface area contributed by atoms with Crippen molar-refractivity contribution in [2.75, 3.05) is 29.1 Å². The molecule has 9 heteroatoms. The summed E-state index contributed by atoms with van der Waals surface area (Å²) in [5.41, 5.74) is 2.33. The lowest BCUT2D eigenvalue weighted by atomic mass is 10.0. The van der Waals surface area contributed by atoms with E-state index in [0.717, 1.165) is 23.9 Å². The molecule has 0 bridgehead atoms. The van der Waals surface area contributed by atoms with E-state index in [9.17, 15) is 9.59 Å². The molecule has 1 N–H and O–H groups in total. The van der Waals surface area contributed by atoms with Crippen molar-refractivity contribution in [1.82, 2.24) is 14.5 Å². The van der Waals surface area contributed by atoms with E-state index in [1.165, 1.54) is 28.7 Å². The molecule has 0 atom stereocenters. The Morgan fingerprint density at radius 1 is 1.12 bits per heavy atom. The van der Waals surface area contributed by atoms with Crippen molar-refractivity contribution in [2.45, 2.75) is 58.7 Å². The van der Waals surface area contributed by atoms with Crippen LogP contribution in [0.2, 0.25) is 0 Å². The second kappa shape index (κ2) is 10.5. The third kappa shape index (κ3) is 5.32. The molecule has 7 nitrogen and oxygen atoms in total. The van der Waals surface area contributed by atoms with Gasteiger partial charge in [0.25, 0.3) is 5.56 Å². The summed E-state index contributed by atoms with van der Waals surface area (Å²) in [6.07, 6.45) is 0. The van der Waals surface area contributed by atoms with Crippen molar-refractivity contribution in [3.8, 4) is 0 Å².